The zero-order valence-corrected chi connectivity index (χ0v) is 12.3. The van der Waals surface area contributed by atoms with Crippen LogP contribution in [-0.2, 0) is 4.57 Å². The average Bonchev–Trinajstić information content (AvgIpc) is 2.44. The Hall–Kier alpha value is -1.67. The van der Waals surface area contributed by atoms with Crippen molar-refractivity contribution in [3.8, 4) is 11.5 Å². The molecule has 0 aromatic heterocycles. The quantitative estimate of drug-likeness (QED) is 0.327. The van der Waals surface area contributed by atoms with E-state index >= 15 is 0 Å². The fraction of sp³-hybridized carbons (Fsp3) is 0.455. The lowest BCUT2D eigenvalue weighted by Gasteiger charge is -2.20. The number of aromatic hydroxyl groups is 1. The summed E-state index contributed by atoms with van der Waals surface area (Å²) >= 11 is 0. The van der Waals surface area contributed by atoms with Gasteiger partial charge in [0, 0.05) is 12.2 Å². The summed E-state index contributed by atoms with van der Waals surface area (Å²) in [5, 5.41) is 20.5. The third kappa shape index (κ3) is 3.92. The van der Waals surface area contributed by atoms with E-state index in [9.17, 15) is 24.7 Å². The average molecular weight is 319 g/mol. The molecule has 0 aliphatic heterocycles. The summed E-state index contributed by atoms with van der Waals surface area (Å²) in [6.45, 7) is 0.232. The van der Waals surface area contributed by atoms with Crippen molar-refractivity contribution in [1.29, 1.82) is 0 Å². The summed E-state index contributed by atoms with van der Waals surface area (Å²) in [5.74, 6) is -2.17. The highest BCUT2D eigenvalue weighted by Crippen LogP contribution is 2.54. The van der Waals surface area contributed by atoms with Gasteiger partial charge in [0.05, 0.1) is 12.0 Å². The number of nitrogens with two attached hydrogens (primary N) is 2. The first-order valence-electron chi connectivity index (χ1n) is 6.07. The van der Waals surface area contributed by atoms with E-state index in [0.29, 0.717) is 6.42 Å². The zero-order chi connectivity index (χ0) is 16.2. The SMILES string of the molecule is COc1cc(C(N)P(=O)(O)CCCN)cc([N+](=O)[O-])c1O. The molecule has 0 aliphatic carbocycles. The number of phenolic OH excluding ortho intramolecular Hbond substituents is 1. The Balaban J connectivity index is 3.27. The lowest BCUT2D eigenvalue weighted by atomic mass is 10.1. The van der Waals surface area contributed by atoms with Crippen LogP contribution in [0.5, 0.6) is 11.5 Å². The molecule has 0 radical (unpaired) electrons. The zero-order valence-electron chi connectivity index (χ0n) is 11.4. The molecule has 9 nitrogen and oxygen atoms in total. The maximum absolute atomic E-state index is 12.1. The molecule has 0 bridgehead atoms. The molecule has 10 heteroatoms. The molecule has 118 valence electrons. The van der Waals surface area contributed by atoms with Crippen LogP contribution in [0.3, 0.4) is 0 Å². The van der Waals surface area contributed by atoms with Crippen molar-refractivity contribution in [3.63, 3.8) is 0 Å². The molecule has 0 fully saturated rings. The van der Waals surface area contributed by atoms with Crippen LogP contribution in [0.15, 0.2) is 12.1 Å². The molecule has 0 amide bonds. The predicted octanol–water partition coefficient (Wildman–Crippen LogP) is 0.885. The van der Waals surface area contributed by atoms with E-state index < -0.39 is 29.5 Å². The molecule has 0 saturated heterocycles. The molecule has 1 aromatic rings. The van der Waals surface area contributed by atoms with E-state index in [1.165, 1.54) is 13.2 Å². The van der Waals surface area contributed by atoms with Crippen molar-refractivity contribution in [2.75, 3.05) is 19.8 Å². The van der Waals surface area contributed by atoms with Crippen molar-refractivity contribution >= 4 is 13.1 Å². The van der Waals surface area contributed by atoms with Gasteiger partial charge in [0.2, 0.25) is 13.1 Å². The van der Waals surface area contributed by atoms with Crippen LogP contribution in [0.1, 0.15) is 17.8 Å². The van der Waals surface area contributed by atoms with Crippen molar-refractivity contribution in [3.05, 3.63) is 27.8 Å². The summed E-state index contributed by atoms with van der Waals surface area (Å²) in [5.41, 5.74) is 10.4. The van der Waals surface area contributed by atoms with Crippen LogP contribution in [0.2, 0.25) is 0 Å². The Kier molecular flexibility index (Phi) is 5.68. The van der Waals surface area contributed by atoms with Crippen LogP contribution in [0.4, 0.5) is 5.69 Å². The Labute approximate surface area is 121 Å². The number of hydrogen-bond donors (Lipinski definition) is 4. The van der Waals surface area contributed by atoms with Crippen molar-refractivity contribution < 1.29 is 24.2 Å². The lowest BCUT2D eigenvalue weighted by Crippen LogP contribution is -2.15. The number of phenols is 1. The second-order valence-corrected chi connectivity index (χ2v) is 6.93. The van der Waals surface area contributed by atoms with Gasteiger partial charge in [0.15, 0.2) is 5.75 Å². The summed E-state index contributed by atoms with van der Waals surface area (Å²) in [7, 11) is -2.57. The molecule has 0 heterocycles. The van der Waals surface area contributed by atoms with Gasteiger partial charge in [-0.05, 0) is 24.6 Å². The minimum atomic E-state index is -3.78. The Morgan fingerprint density at radius 3 is 2.62 bits per heavy atom. The van der Waals surface area contributed by atoms with E-state index in [1.54, 1.807) is 0 Å². The summed E-state index contributed by atoms with van der Waals surface area (Å²) in [6.07, 6.45) is 0.209. The molecular weight excluding hydrogens is 301 g/mol. The van der Waals surface area contributed by atoms with Crippen molar-refractivity contribution in [1.82, 2.24) is 0 Å². The Morgan fingerprint density at radius 1 is 1.52 bits per heavy atom. The molecule has 1 rings (SSSR count). The standard InChI is InChI=1S/C11H18N3O6P/c1-20-9-6-7(5-8(10(9)15)14(16)17)11(13)21(18,19)4-2-3-12/h5-6,11,15H,2-4,12-13H2,1H3,(H,18,19). The summed E-state index contributed by atoms with van der Waals surface area (Å²) < 4.78 is 17.0. The van der Waals surface area contributed by atoms with Gasteiger partial charge in [-0.2, -0.15) is 0 Å². The van der Waals surface area contributed by atoms with Crippen LogP contribution in [0, 0.1) is 10.1 Å². The second-order valence-electron chi connectivity index (χ2n) is 4.41. The summed E-state index contributed by atoms with van der Waals surface area (Å²) in [4.78, 5) is 20.0. The second kappa shape index (κ2) is 6.86. The minimum Gasteiger partial charge on any atom is -0.500 e. The molecule has 0 saturated carbocycles. The minimum absolute atomic E-state index is 0.0409. The lowest BCUT2D eigenvalue weighted by molar-refractivity contribution is -0.386. The van der Waals surface area contributed by atoms with E-state index in [1.807, 2.05) is 0 Å². The molecular formula is C11H18N3O6P. The van der Waals surface area contributed by atoms with Gasteiger partial charge in [-0.3, -0.25) is 14.7 Å². The van der Waals surface area contributed by atoms with E-state index in [2.05, 4.69) is 0 Å². The first kappa shape index (κ1) is 17.4. The van der Waals surface area contributed by atoms with Crippen LogP contribution >= 0.6 is 7.37 Å². The van der Waals surface area contributed by atoms with Gasteiger partial charge in [0.25, 0.3) is 0 Å². The number of benzene rings is 1. The number of hydrogen-bond acceptors (Lipinski definition) is 7. The van der Waals surface area contributed by atoms with E-state index in [-0.39, 0.29) is 24.0 Å². The van der Waals surface area contributed by atoms with Gasteiger partial charge in [-0.25, -0.2) is 0 Å². The first-order valence-corrected chi connectivity index (χ1v) is 7.98. The van der Waals surface area contributed by atoms with E-state index in [4.69, 9.17) is 16.2 Å². The highest BCUT2D eigenvalue weighted by Gasteiger charge is 2.31. The smallest absolute Gasteiger partial charge is 0.315 e. The van der Waals surface area contributed by atoms with Crippen molar-refractivity contribution in [2.45, 2.75) is 12.2 Å². The highest BCUT2D eigenvalue weighted by atomic mass is 31.2. The first-order chi connectivity index (χ1) is 9.74. The van der Waals surface area contributed by atoms with Crippen LogP contribution < -0.4 is 16.2 Å². The van der Waals surface area contributed by atoms with Gasteiger partial charge in [0.1, 0.15) is 5.78 Å². The van der Waals surface area contributed by atoms with E-state index in [0.717, 1.165) is 6.07 Å². The van der Waals surface area contributed by atoms with Gasteiger partial charge >= 0.3 is 5.69 Å². The summed E-state index contributed by atoms with van der Waals surface area (Å²) in [6, 6.07) is 2.17. The number of methoxy groups -OCH3 is 1. The molecule has 2 atom stereocenters. The number of nitro benzene ring substituents is 1. The topological polar surface area (TPSA) is 162 Å². The van der Waals surface area contributed by atoms with Gasteiger partial charge < -0.3 is 26.2 Å². The van der Waals surface area contributed by atoms with Gasteiger partial charge in [-0.15, -0.1) is 0 Å². The molecule has 1 aromatic carbocycles. The third-order valence-electron chi connectivity index (χ3n) is 2.95. The maximum atomic E-state index is 12.1. The Morgan fingerprint density at radius 2 is 2.14 bits per heavy atom. The fourth-order valence-electron chi connectivity index (χ4n) is 1.77. The van der Waals surface area contributed by atoms with Gasteiger partial charge in [-0.1, -0.05) is 0 Å². The number of ether oxygens (including phenoxy) is 1. The van der Waals surface area contributed by atoms with Crippen LogP contribution in [-0.4, -0.2) is 34.7 Å². The highest BCUT2D eigenvalue weighted by molar-refractivity contribution is 7.58. The normalized spacial score (nSPS) is 15.2. The fourth-order valence-corrected chi connectivity index (χ4v) is 3.30. The largest absolute Gasteiger partial charge is 0.500 e. The molecule has 0 aliphatic rings. The number of rotatable bonds is 7. The predicted molar refractivity (Wildman–Crippen MR) is 76.6 cm³/mol. The number of nitro groups is 1. The van der Waals surface area contributed by atoms with Crippen molar-refractivity contribution in [2.24, 2.45) is 11.5 Å². The Bertz CT molecular complexity index is 579. The monoisotopic (exact) mass is 319 g/mol. The molecule has 2 unspecified atom stereocenters. The molecule has 6 N–H and O–H groups in total. The molecule has 0 spiro atoms. The molecule has 21 heavy (non-hydrogen) atoms. The van der Waals surface area contributed by atoms with Crippen LogP contribution in [0.25, 0.3) is 0 Å². The number of nitrogens with zero attached hydrogens (tertiary/aromatic N) is 1. The maximum Gasteiger partial charge on any atom is 0.315 e. The third-order valence-corrected chi connectivity index (χ3v) is 5.08.